The highest BCUT2D eigenvalue weighted by molar-refractivity contribution is 8.01. The number of anilines is 2. The zero-order chi connectivity index (χ0) is 20.5. The Balaban J connectivity index is 1.35. The van der Waals surface area contributed by atoms with Gasteiger partial charge in [-0.3, -0.25) is 9.59 Å². The minimum atomic E-state index is -0.457. The lowest BCUT2D eigenvalue weighted by Gasteiger charge is -2.36. The van der Waals surface area contributed by atoms with E-state index >= 15 is 0 Å². The molecule has 29 heavy (non-hydrogen) atoms. The monoisotopic (exact) mass is 470 g/mol. The van der Waals surface area contributed by atoms with E-state index in [9.17, 15) is 9.59 Å². The molecule has 0 bridgehead atoms. The molecule has 10 heteroatoms. The van der Waals surface area contributed by atoms with Crippen LogP contribution in [0.4, 0.5) is 11.5 Å². The molecule has 1 saturated heterocycles. The van der Waals surface area contributed by atoms with Gasteiger partial charge in [-0.15, -0.1) is 11.8 Å². The molecule has 0 aliphatic carbocycles. The van der Waals surface area contributed by atoms with Crippen molar-refractivity contribution < 1.29 is 9.59 Å². The summed E-state index contributed by atoms with van der Waals surface area (Å²) in [5.74, 6) is 0.458. The van der Waals surface area contributed by atoms with Crippen LogP contribution in [0.1, 0.15) is 6.42 Å². The van der Waals surface area contributed by atoms with Gasteiger partial charge in [0, 0.05) is 48.7 Å². The van der Waals surface area contributed by atoms with Crippen molar-refractivity contribution in [2.75, 3.05) is 36.4 Å². The quantitative estimate of drug-likeness (QED) is 0.727. The molecule has 2 aromatic rings. The molecule has 1 unspecified atom stereocenters. The molecule has 1 aromatic heterocycles. The molecule has 2 amide bonds. The van der Waals surface area contributed by atoms with Crippen LogP contribution < -0.4 is 10.2 Å². The second kappa shape index (κ2) is 8.60. The number of nitrogens with zero attached hydrogens (tertiary/aromatic N) is 3. The van der Waals surface area contributed by atoms with Crippen molar-refractivity contribution in [1.82, 2.24) is 9.88 Å². The number of piperazine rings is 1. The summed E-state index contributed by atoms with van der Waals surface area (Å²) < 4.78 is 0. The first-order valence-corrected chi connectivity index (χ1v) is 11.0. The molecule has 6 nitrogen and oxygen atoms in total. The Morgan fingerprint density at radius 2 is 1.90 bits per heavy atom. The van der Waals surface area contributed by atoms with E-state index in [4.69, 9.17) is 34.8 Å². The number of carbonyl (C=O) groups excluding carboxylic acids is 2. The van der Waals surface area contributed by atoms with Crippen molar-refractivity contribution in [3.63, 3.8) is 0 Å². The summed E-state index contributed by atoms with van der Waals surface area (Å²) in [7, 11) is 0. The number of halogens is 3. The van der Waals surface area contributed by atoms with Gasteiger partial charge in [-0.25, -0.2) is 4.98 Å². The Hall–Kier alpha value is -1.67. The Kier molecular flexibility index (Phi) is 6.11. The van der Waals surface area contributed by atoms with E-state index in [2.05, 4.69) is 10.3 Å². The maximum Gasteiger partial charge on any atom is 0.238 e. The van der Waals surface area contributed by atoms with Gasteiger partial charge in [-0.05, 0) is 24.3 Å². The van der Waals surface area contributed by atoms with Crippen LogP contribution in [0.25, 0.3) is 0 Å². The number of thioether (sulfide) groups is 1. The predicted molar refractivity (Wildman–Crippen MR) is 117 cm³/mol. The highest BCUT2D eigenvalue weighted by Crippen LogP contribution is 2.38. The summed E-state index contributed by atoms with van der Waals surface area (Å²) >= 11 is 19.5. The van der Waals surface area contributed by atoms with E-state index in [1.54, 1.807) is 29.3 Å². The molecule has 152 valence electrons. The topological polar surface area (TPSA) is 65.5 Å². The number of hydrogen-bond acceptors (Lipinski definition) is 5. The molecule has 1 N–H and O–H groups in total. The molecule has 0 saturated carbocycles. The minimum absolute atomic E-state index is 0.0372. The van der Waals surface area contributed by atoms with E-state index in [0.717, 1.165) is 4.90 Å². The maximum atomic E-state index is 12.8. The third-order valence-corrected chi connectivity index (χ3v) is 6.84. The van der Waals surface area contributed by atoms with Crippen molar-refractivity contribution in [2.24, 2.45) is 0 Å². The first-order chi connectivity index (χ1) is 13.9. The average Bonchev–Trinajstić information content (AvgIpc) is 2.69. The van der Waals surface area contributed by atoms with E-state index in [-0.39, 0.29) is 18.2 Å². The van der Waals surface area contributed by atoms with Crippen LogP contribution in [-0.4, -0.2) is 53.1 Å². The standard InChI is InChI=1S/C19H17Cl3N4O2S/c20-11-1-2-15-14(8-11)24-19(28)16(29-15)9-17(27)25-3-5-26(6-4-25)18-13(22)7-12(21)10-23-18/h1-2,7-8,10,16H,3-6,9H2,(H,24,28). The number of fused-ring (bicyclic) bond motifs is 1. The third kappa shape index (κ3) is 4.58. The van der Waals surface area contributed by atoms with E-state index in [0.29, 0.717) is 52.8 Å². The first kappa shape index (κ1) is 20.6. The number of amides is 2. The van der Waals surface area contributed by atoms with Gasteiger partial charge in [0.1, 0.15) is 5.82 Å². The molecule has 2 aliphatic heterocycles. The van der Waals surface area contributed by atoms with Crippen molar-refractivity contribution in [3.8, 4) is 0 Å². The van der Waals surface area contributed by atoms with Gasteiger partial charge in [-0.2, -0.15) is 0 Å². The van der Waals surface area contributed by atoms with Gasteiger partial charge in [0.25, 0.3) is 0 Å². The summed E-state index contributed by atoms with van der Waals surface area (Å²) in [4.78, 5) is 34.2. The van der Waals surface area contributed by atoms with Crippen LogP contribution in [0.15, 0.2) is 35.4 Å². The molecular weight excluding hydrogens is 455 g/mol. The summed E-state index contributed by atoms with van der Waals surface area (Å²) in [6.45, 7) is 2.33. The number of nitrogens with one attached hydrogen (secondary N) is 1. The summed E-state index contributed by atoms with van der Waals surface area (Å²) in [6, 6.07) is 7.02. The van der Waals surface area contributed by atoms with Crippen LogP contribution in [0.5, 0.6) is 0 Å². The molecule has 1 atom stereocenters. The highest BCUT2D eigenvalue weighted by Gasteiger charge is 2.32. The highest BCUT2D eigenvalue weighted by atomic mass is 35.5. The largest absolute Gasteiger partial charge is 0.352 e. The molecule has 4 rings (SSSR count). The first-order valence-electron chi connectivity index (χ1n) is 9.01. The fourth-order valence-electron chi connectivity index (χ4n) is 3.35. The average molecular weight is 472 g/mol. The Morgan fingerprint density at radius 1 is 1.14 bits per heavy atom. The predicted octanol–water partition coefficient (Wildman–Crippen LogP) is 4.19. The van der Waals surface area contributed by atoms with Gasteiger partial charge >= 0.3 is 0 Å². The number of pyridine rings is 1. The third-order valence-electron chi connectivity index (χ3n) is 4.84. The smallest absolute Gasteiger partial charge is 0.238 e. The second-order valence-corrected chi connectivity index (χ2v) is 9.29. The van der Waals surface area contributed by atoms with Gasteiger partial charge in [0.2, 0.25) is 11.8 Å². The van der Waals surface area contributed by atoms with Crippen LogP contribution in [0.2, 0.25) is 15.1 Å². The van der Waals surface area contributed by atoms with E-state index in [1.165, 1.54) is 11.8 Å². The SMILES string of the molecule is O=C1Nc2cc(Cl)ccc2SC1CC(=O)N1CCN(c2ncc(Cl)cc2Cl)CC1. The Labute approximate surface area is 187 Å². The lowest BCUT2D eigenvalue weighted by atomic mass is 10.2. The molecule has 0 radical (unpaired) electrons. The maximum absolute atomic E-state index is 12.8. The van der Waals surface area contributed by atoms with Gasteiger partial charge in [-0.1, -0.05) is 34.8 Å². The zero-order valence-electron chi connectivity index (χ0n) is 15.2. The molecule has 1 aromatic carbocycles. The second-order valence-electron chi connectivity index (χ2n) is 6.77. The van der Waals surface area contributed by atoms with Gasteiger partial charge in [0.05, 0.1) is 21.0 Å². The molecule has 3 heterocycles. The normalized spacial score (nSPS) is 19.0. The lowest BCUT2D eigenvalue weighted by molar-refractivity contribution is -0.132. The number of hydrogen-bond donors (Lipinski definition) is 1. The number of carbonyl (C=O) groups is 2. The van der Waals surface area contributed by atoms with Crippen molar-refractivity contribution in [3.05, 3.63) is 45.5 Å². The minimum Gasteiger partial charge on any atom is -0.352 e. The summed E-state index contributed by atoms with van der Waals surface area (Å²) in [5.41, 5.74) is 0.692. The van der Waals surface area contributed by atoms with Crippen molar-refractivity contribution in [2.45, 2.75) is 16.6 Å². The fraction of sp³-hybridized carbons (Fsp3) is 0.316. The number of benzene rings is 1. The summed E-state index contributed by atoms with van der Waals surface area (Å²) in [5, 5.41) is 3.92. The van der Waals surface area contributed by atoms with E-state index < -0.39 is 5.25 Å². The van der Waals surface area contributed by atoms with Crippen molar-refractivity contribution in [1.29, 1.82) is 0 Å². The van der Waals surface area contributed by atoms with E-state index in [1.807, 2.05) is 11.0 Å². The van der Waals surface area contributed by atoms with Crippen molar-refractivity contribution >= 4 is 69.9 Å². The molecule has 0 spiro atoms. The van der Waals surface area contributed by atoms with Crippen LogP contribution in [-0.2, 0) is 9.59 Å². The zero-order valence-corrected chi connectivity index (χ0v) is 18.3. The molecule has 2 aliphatic rings. The van der Waals surface area contributed by atoms with Crippen LogP contribution >= 0.6 is 46.6 Å². The fourth-order valence-corrected chi connectivity index (χ4v) is 5.11. The molecular formula is C19H17Cl3N4O2S. The van der Waals surface area contributed by atoms with Gasteiger partial charge in [0.15, 0.2) is 0 Å². The molecule has 1 fully saturated rings. The summed E-state index contributed by atoms with van der Waals surface area (Å²) in [6.07, 6.45) is 1.71. The van der Waals surface area contributed by atoms with Crippen LogP contribution in [0.3, 0.4) is 0 Å². The number of rotatable bonds is 3. The van der Waals surface area contributed by atoms with Crippen LogP contribution in [0, 0.1) is 0 Å². The number of aromatic nitrogens is 1. The Bertz CT molecular complexity index is 966. The Morgan fingerprint density at radius 3 is 2.62 bits per heavy atom. The lowest BCUT2D eigenvalue weighted by Crippen LogP contribution is -2.50. The van der Waals surface area contributed by atoms with Gasteiger partial charge < -0.3 is 15.1 Å².